The fourth-order valence-corrected chi connectivity index (χ4v) is 2.48. The highest BCUT2D eigenvalue weighted by atomic mass is 16.5. The fourth-order valence-electron chi connectivity index (χ4n) is 2.48. The maximum Gasteiger partial charge on any atom is 0.232 e. The number of rotatable bonds is 6. The molecule has 0 spiro atoms. The van der Waals surface area contributed by atoms with Gasteiger partial charge < -0.3 is 20.5 Å². The van der Waals surface area contributed by atoms with Gasteiger partial charge in [-0.05, 0) is 35.9 Å². The summed E-state index contributed by atoms with van der Waals surface area (Å²) in [7, 11) is 3.10. The standard InChI is InChI=1S/C20H18N6O2/c1-27-16-9-8-13(11-17(16)28-2)10-14(12-21)18-24-19(22)26-20(25-18)23-15-6-4-3-5-7-15/h3-11H,1-2H3,(H3,22,23,24,25,26)/b14-10+. The van der Waals surface area contributed by atoms with Crippen molar-refractivity contribution in [1.82, 2.24) is 15.0 Å². The summed E-state index contributed by atoms with van der Waals surface area (Å²) in [5.74, 6) is 1.58. The van der Waals surface area contributed by atoms with E-state index in [4.69, 9.17) is 15.2 Å². The van der Waals surface area contributed by atoms with E-state index < -0.39 is 0 Å². The van der Waals surface area contributed by atoms with E-state index in [1.807, 2.05) is 30.3 Å². The lowest BCUT2D eigenvalue weighted by Crippen LogP contribution is -2.06. The zero-order valence-electron chi connectivity index (χ0n) is 15.4. The van der Waals surface area contributed by atoms with Crippen LogP contribution in [-0.4, -0.2) is 29.2 Å². The molecule has 1 aromatic heterocycles. The molecule has 28 heavy (non-hydrogen) atoms. The van der Waals surface area contributed by atoms with Gasteiger partial charge in [-0.3, -0.25) is 0 Å². The van der Waals surface area contributed by atoms with E-state index >= 15 is 0 Å². The lowest BCUT2D eigenvalue weighted by molar-refractivity contribution is 0.355. The minimum absolute atomic E-state index is 0.0110. The van der Waals surface area contributed by atoms with Crippen molar-refractivity contribution in [3.05, 3.63) is 59.9 Å². The molecule has 0 unspecified atom stereocenters. The summed E-state index contributed by atoms with van der Waals surface area (Å²) in [5, 5.41) is 12.6. The number of nitrogens with one attached hydrogen (secondary N) is 1. The van der Waals surface area contributed by atoms with E-state index in [1.165, 1.54) is 0 Å². The zero-order valence-corrected chi connectivity index (χ0v) is 15.4. The van der Waals surface area contributed by atoms with Gasteiger partial charge >= 0.3 is 0 Å². The molecule has 3 rings (SSSR count). The average molecular weight is 374 g/mol. The first-order valence-electron chi connectivity index (χ1n) is 8.30. The van der Waals surface area contributed by atoms with Gasteiger partial charge in [-0.15, -0.1) is 0 Å². The van der Waals surface area contributed by atoms with Crippen molar-refractivity contribution in [2.75, 3.05) is 25.3 Å². The maximum atomic E-state index is 9.60. The molecule has 0 aliphatic heterocycles. The van der Waals surface area contributed by atoms with Crippen LogP contribution in [0.4, 0.5) is 17.6 Å². The molecule has 0 radical (unpaired) electrons. The number of nitrogens with zero attached hydrogens (tertiary/aromatic N) is 4. The second-order valence-electron chi connectivity index (χ2n) is 5.62. The normalized spacial score (nSPS) is 10.8. The minimum atomic E-state index is 0.0110. The van der Waals surface area contributed by atoms with Gasteiger partial charge in [0.2, 0.25) is 11.9 Å². The number of anilines is 3. The Morgan fingerprint density at radius 3 is 2.46 bits per heavy atom. The molecule has 0 amide bonds. The monoisotopic (exact) mass is 374 g/mol. The van der Waals surface area contributed by atoms with Crippen molar-refractivity contribution < 1.29 is 9.47 Å². The molecule has 8 nitrogen and oxygen atoms in total. The minimum Gasteiger partial charge on any atom is -0.493 e. The number of para-hydroxylation sites is 1. The van der Waals surface area contributed by atoms with Gasteiger partial charge in [0.15, 0.2) is 17.3 Å². The summed E-state index contributed by atoms with van der Waals surface area (Å²) in [6, 6.07) is 16.8. The van der Waals surface area contributed by atoms with Crippen LogP contribution in [0.25, 0.3) is 11.6 Å². The fraction of sp³-hybridized carbons (Fsp3) is 0.100. The smallest absolute Gasteiger partial charge is 0.232 e. The number of hydrogen-bond acceptors (Lipinski definition) is 8. The molecule has 0 bridgehead atoms. The van der Waals surface area contributed by atoms with Gasteiger partial charge in [-0.25, -0.2) is 0 Å². The Kier molecular flexibility index (Phi) is 5.67. The first kappa shape index (κ1) is 18.7. The highest BCUT2D eigenvalue weighted by Crippen LogP contribution is 2.29. The quantitative estimate of drug-likeness (QED) is 0.631. The van der Waals surface area contributed by atoms with Gasteiger partial charge in [0.25, 0.3) is 0 Å². The second kappa shape index (κ2) is 8.51. The Hall–Kier alpha value is -4.12. The summed E-state index contributed by atoms with van der Waals surface area (Å²) in [5.41, 5.74) is 7.56. The number of hydrogen-bond donors (Lipinski definition) is 2. The van der Waals surface area contributed by atoms with Crippen molar-refractivity contribution in [3.8, 4) is 17.6 Å². The molecular formula is C20H18N6O2. The Labute approximate surface area is 162 Å². The molecule has 3 N–H and O–H groups in total. The number of benzene rings is 2. The Bertz CT molecular complexity index is 1040. The third kappa shape index (κ3) is 4.34. The topological polar surface area (TPSA) is 119 Å². The third-order valence-electron chi connectivity index (χ3n) is 3.76. The van der Waals surface area contributed by atoms with Gasteiger partial charge in [0.05, 0.1) is 19.8 Å². The molecule has 1 heterocycles. The number of allylic oxidation sites excluding steroid dienone is 1. The Morgan fingerprint density at radius 2 is 1.79 bits per heavy atom. The molecule has 0 fully saturated rings. The lowest BCUT2D eigenvalue weighted by Gasteiger charge is -2.08. The molecule has 8 heteroatoms. The van der Waals surface area contributed by atoms with Crippen molar-refractivity contribution in [2.45, 2.75) is 0 Å². The summed E-state index contributed by atoms with van der Waals surface area (Å²) in [4.78, 5) is 12.5. The van der Waals surface area contributed by atoms with Gasteiger partial charge in [0.1, 0.15) is 6.07 Å². The third-order valence-corrected chi connectivity index (χ3v) is 3.76. The van der Waals surface area contributed by atoms with E-state index in [0.29, 0.717) is 11.5 Å². The first-order chi connectivity index (χ1) is 13.6. The molecular weight excluding hydrogens is 356 g/mol. The van der Waals surface area contributed by atoms with Crippen LogP contribution in [0.5, 0.6) is 11.5 Å². The predicted octanol–water partition coefficient (Wildman–Crippen LogP) is 3.28. The van der Waals surface area contributed by atoms with E-state index in [0.717, 1.165) is 11.3 Å². The molecule has 3 aromatic rings. The van der Waals surface area contributed by atoms with Gasteiger partial charge in [-0.1, -0.05) is 24.3 Å². The molecule has 0 saturated heterocycles. The summed E-state index contributed by atoms with van der Waals surface area (Å²) in [6.45, 7) is 0. The van der Waals surface area contributed by atoms with Crippen molar-refractivity contribution in [1.29, 1.82) is 5.26 Å². The number of aromatic nitrogens is 3. The van der Waals surface area contributed by atoms with Crippen molar-refractivity contribution in [3.63, 3.8) is 0 Å². The van der Waals surface area contributed by atoms with Crippen LogP contribution in [0.2, 0.25) is 0 Å². The molecule has 140 valence electrons. The van der Waals surface area contributed by atoms with E-state index in [1.54, 1.807) is 38.5 Å². The highest BCUT2D eigenvalue weighted by Gasteiger charge is 2.11. The van der Waals surface area contributed by atoms with Crippen LogP contribution in [0.1, 0.15) is 11.4 Å². The lowest BCUT2D eigenvalue weighted by atomic mass is 10.1. The first-order valence-corrected chi connectivity index (χ1v) is 8.30. The van der Waals surface area contributed by atoms with Crippen LogP contribution < -0.4 is 20.5 Å². The molecule has 0 saturated carbocycles. The predicted molar refractivity (Wildman–Crippen MR) is 107 cm³/mol. The number of nitrogen functional groups attached to an aromatic ring is 1. The number of nitrogens with two attached hydrogens (primary N) is 1. The van der Waals surface area contributed by atoms with Crippen molar-refractivity contribution in [2.24, 2.45) is 0 Å². The molecule has 0 aliphatic carbocycles. The second-order valence-corrected chi connectivity index (χ2v) is 5.62. The molecule has 0 aliphatic rings. The summed E-state index contributed by atoms with van der Waals surface area (Å²) < 4.78 is 10.5. The number of methoxy groups -OCH3 is 2. The Balaban J connectivity index is 1.96. The molecule has 0 atom stereocenters. The van der Waals surface area contributed by atoms with Crippen molar-refractivity contribution >= 4 is 29.2 Å². The van der Waals surface area contributed by atoms with E-state index in [-0.39, 0.29) is 23.3 Å². The van der Waals surface area contributed by atoms with Crippen LogP contribution in [-0.2, 0) is 0 Å². The SMILES string of the molecule is COc1ccc(/C=C(\C#N)c2nc(N)nc(Nc3ccccc3)n2)cc1OC. The zero-order chi connectivity index (χ0) is 19.9. The largest absolute Gasteiger partial charge is 0.493 e. The molecule has 2 aromatic carbocycles. The highest BCUT2D eigenvalue weighted by molar-refractivity contribution is 5.87. The van der Waals surface area contributed by atoms with Gasteiger partial charge in [-0.2, -0.15) is 20.2 Å². The van der Waals surface area contributed by atoms with E-state index in [9.17, 15) is 5.26 Å². The summed E-state index contributed by atoms with van der Waals surface area (Å²) in [6.07, 6.45) is 1.64. The average Bonchev–Trinajstić information content (AvgIpc) is 2.72. The van der Waals surface area contributed by atoms with Crippen LogP contribution in [0, 0.1) is 11.3 Å². The van der Waals surface area contributed by atoms with Crippen LogP contribution in [0.3, 0.4) is 0 Å². The Morgan fingerprint density at radius 1 is 1.04 bits per heavy atom. The maximum absolute atomic E-state index is 9.60. The van der Waals surface area contributed by atoms with Crippen LogP contribution >= 0.6 is 0 Å². The van der Waals surface area contributed by atoms with Gasteiger partial charge in [0, 0.05) is 5.69 Å². The van der Waals surface area contributed by atoms with Crippen LogP contribution in [0.15, 0.2) is 48.5 Å². The van der Waals surface area contributed by atoms with E-state index in [2.05, 4.69) is 26.3 Å². The summed E-state index contributed by atoms with van der Waals surface area (Å²) >= 11 is 0. The number of ether oxygens (including phenoxy) is 2. The number of nitriles is 1.